The molecular formula is C48H50N2. The number of fused-ring (bicyclic) bond motifs is 7. The van der Waals surface area contributed by atoms with Gasteiger partial charge >= 0.3 is 0 Å². The highest BCUT2D eigenvalue weighted by Crippen LogP contribution is 2.42. The standard InChI is InChI=1S/C48H50N2/c1-46(2,3)33-24-32(25-34(27-33)47(4,5)6)40-28-35(48(7,8)9)29-42-37-19-14-13-18-36(37)41-26-31(30-16-11-10-12-17-30)22-23-38(41)39-20-15-21-43(49)45(39)50-44(40)42/h10-29,50H,49H2,1-9H3. The Kier molecular flexibility index (Phi) is 8.06. The quantitative estimate of drug-likeness (QED) is 0.179. The molecule has 2 nitrogen and oxygen atoms in total. The van der Waals surface area contributed by atoms with Crippen LogP contribution in [0.2, 0.25) is 0 Å². The first-order valence-electron chi connectivity index (χ1n) is 17.9. The lowest BCUT2D eigenvalue weighted by molar-refractivity contribution is 0.569. The fourth-order valence-corrected chi connectivity index (χ4v) is 7.12. The average Bonchev–Trinajstić information content (AvgIpc) is 3.12. The summed E-state index contributed by atoms with van der Waals surface area (Å²) in [5.41, 5.74) is 18.3. The molecule has 0 aliphatic heterocycles. The number of aromatic amines is 1. The molecule has 0 radical (unpaired) electrons. The van der Waals surface area contributed by atoms with Crippen LogP contribution in [0.5, 0.6) is 0 Å². The molecular weight excluding hydrogens is 605 g/mol. The van der Waals surface area contributed by atoms with Crippen molar-refractivity contribution in [2.24, 2.45) is 0 Å². The first-order valence-corrected chi connectivity index (χ1v) is 17.9. The second-order valence-electron chi connectivity index (χ2n) is 17.1. The number of H-pyrrole nitrogens is 1. The van der Waals surface area contributed by atoms with Gasteiger partial charge in [-0.25, -0.2) is 0 Å². The number of anilines is 1. The number of nitrogen functional groups attached to an aromatic ring is 1. The van der Waals surface area contributed by atoms with Crippen LogP contribution in [0, 0.1) is 0 Å². The van der Waals surface area contributed by atoms with Crippen LogP contribution in [0.4, 0.5) is 5.69 Å². The van der Waals surface area contributed by atoms with E-state index < -0.39 is 0 Å². The number of hydrogen-bond acceptors (Lipinski definition) is 1. The van der Waals surface area contributed by atoms with E-state index in [0.29, 0.717) is 0 Å². The Morgan fingerprint density at radius 2 is 0.920 bits per heavy atom. The largest absolute Gasteiger partial charge is 0.397 e. The highest BCUT2D eigenvalue weighted by atomic mass is 14.7. The van der Waals surface area contributed by atoms with Gasteiger partial charge in [0.05, 0.1) is 16.7 Å². The summed E-state index contributed by atoms with van der Waals surface area (Å²) < 4.78 is 0. The number of benzene rings is 6. The van der Waals surface area contributed by atoms with Crippen LogP contribution in [0.3, 0.4) is 0 Å². The zero-order valence-corrected chi connectivity index (χ0v) is 31.1. The van der Waals surface area contributed by atoms with Crippen molar-refractivity contribution in [3.8, 4) is 22.3 Å². The monoisotopic (exact) mass is 654 g/mol. The van der Waals surface area contributed by atoms with Gasteiger partial charge in [-0.3, -0.25) is 0 Å². The van der Waals surface area contributed by atoms with E-state index in [-0.39, 0.29) is 16.2 Å². The molecule has 0 bridgehead atoms. The van der Waals surface area contributed by atoms with Crippen molar-refractivity contribution in [3.05, 3.63) is 138 Å². The summed E-state index contributed by atoms with van der Waals surface area (Å²) in [5.74, 6) is 0. The zero-order valence-electron chi connectivity index (χ0n) is 31.1. The molecule has 252 valence electrons. The first-order chi connectivity index (χ1) is 23.6. The molecule has 6 aromatic carbocycles. The van der Waals surface area contributed by atoms with Crippen LogP contribution in [0.1, 0.15) is 79.0 Å². The van der Waals surface area contributed by atoms with E-state index in [9.17, 15) is 0 Å². The number of rotatable bonds is 2. The maximum atomic E-state index is 6.94. The molecule has 1 aromatic heterocycles. The van der Waals surface area contributed by atoms with E-state index in [1.807, 2.05) is 6.07 Å². The van der Waals surface area contributed by atoms with Gasteiger partial charge in [-0.1, -0.05) is 159 Å². The van der Waals surface area contributed by atoms with E-state index >= 15 is 0 Å². The van der Waals surface area contributed by atoms with Crippen molar-refractivity contribution in [1.29, 1.82) is 0 Å². The van der Waals surface area contributed by atoms with Gasteiger partial charge in [0.2, 0.25) is 0 Å². The predicted molar refractivity (Wildman–Crippen MR) is 220 cm³/mol. The molecule has 7 rings (SSSR count). The van der Waals surface area contributed by atoms with E-state index in [2.05, 4.69) is 183 Å². The Bertz CT molecular complexity index is 2440. The maximum Gasteiger partial charge on any atom is 0.0698 e. The number of nitrogens with one attached hydrogen (secondary N) is 1. The van der Waals surface area contributed by atoms with Crippen LogP contribution in [0.15, 0.2) is 121 Å². The molecule has 3 N–H and O–H groups in total. The van der Waals surface area contributed by atoms with E-state index in [1.165, 1.54) is 60.5 Å². The van der Waals surface area contributed by atoms with Crippen LogP contribution in [0.25, 0.3) is 65.6 Å². The summed E-state index contributed by atoms with van der Waals surface area (Å²) in [6.07, 6.45) is 0. The average molecular weight is 655 g/mol. The Morgan fingerprint density at radius 3 is 1.54 bits per heavy atom. The van der Waals surface area contributed by atoms with Gasteiger partial charge < -0.3 is 10.7 Å². The van der Waals surface area contributed by atoms with Crippen LogP contribution in [-0.4, -0.2) is 4.98 Å². The third-order valence-corrected chi connectivity index (χ3v) is 10.3. The molecule has 0 spiro atoms. The molecule has 50 heavy (non-hydrogen) atoms. The molecule has 0 aliphatic rings. The van der Waals surface area contributed by atoms with E-state index in [1.54, 1.807) is 0 Å². The summed E-state index contributed by atoms with van der Waals surface area (Å²) >= 11 is 0. The minimum atomic E-state index is -0.0824. The lowest BCUT2D eigenvalue weighted by Gasteiger charge is -2.27. The lowest BCUT2D eigenvalue weighted by Crippen LogP contribution is -2.16. The van der Waals surface area contributed by atoms with Crippen LogP contribution >= 0.6 is 0 Å². The van der Waals surface area contributed by atoms with Crippen LogP contribution < -0.4 is 5.73 Å². The number of para-hydroxylation sites is 1. The molecule has 0 aliphatic carbocycles. The smallest absolute Gasteiger partial charge is 0.0698 e. The van der Waals surface area contributed by atoms with Gasteiger partial charge in [-0.2, -0.15) is 0 Å². The van der Waals surface area contributed by atoms with E-state index in [0.717, 1.165) is 27.5 Å². The number of aromatic nitrogens is 1. The molecule has 0 amide bonds. The van der Waals surface area contributed by atoms with Crippen molar-refractivity contribution >= 4 is 49.0 Å². The van der Waals surface area contributed by atoms with Crippen molar-refractivity contribution in [1.82, 2.24) is 4.98 Å². The molecule has 0 saturated heterocycles. The Hall–Kier alpha value is -5.08. The predicted octanol–water partition coefficient (Wildman–Crippen LogP) is 13.6. The summed E-state index contributed by atoms with van der Waals surface area (Å²) in [7, 11) is 0. The highest BCUT2D eigenvalue weighted by molar-refractivity contribution is 6.21. The normalized spacial score (nSPS) is 12.6. The minimum absolute atomic E-state index is 0.0152. The Labute approximate surface area is 297 Å². The summed E-state index contributed by atoms with van der Waals surface area (Å²) in [6, 6.07) is 44.8. The van der Waals surface area contributed by atoms with Gasteiger partial charge in [0, 0.05) is 16.3 Å². The molecule has 0 fully saturated rings. The SMILES string of the molecule is CC(C)(C)c1cc(-c2cc(C(C)(C)C)cc3c2[nH]c2c(N)cccc2c2ccc(-c4ccccc4)cc2c2ccccc32)cc(C(C)(C)C)c1. The van der Waals surface area contributed by atoms with Gasteiger partial charge in [-0.15, -0.1) is 0 Å². The molecule has 0 atom stereocenters. The fraction of sp³-hybridized carbons (Fsp3) is 0.250. The van der Waals surface area contributed by atoms with Gasteiger partial charge in [0.1, 0.15) is 0 Å². The third-order valence-electron chi connectivity index (χ3n) is 10.3. The molecule has 7 aromatic rings. The van der Waals surface area contributed by atoms with E-state index in [4.69, 9.17) is 5.73 Å². The lowest BCUT2D eigenvalue weighted by atomic mass is 9.78. The zero-order chi connectivity index (χ0) is 35.6. The molecule has 0 unspecified atom stereocenters. The van der Waals surface area contributed by atoms with Crippen LogP contribution in [-0.2, 0) is 16.2 Å². The number of nitrogens with two attached hydrogens (primary N) is 1. The molecule has 1 heterocycles. The third kappa shape index (κ3) is 6.13. The minimum Gasteiger partial charge on any atom is -0.397 e. The van der Waals surface area contributed by atoms with Gasteiger partial charge in [-0.05, 0) is 95.4 Å². The summed E-state index contributed by atoms with van der Waals surface area (Å²) in [4.78, 5) is 4.02. The first kappa shape index (κ1) is 33.4. The van der Waals surface area contributed by atoms with Gasteiger partial charge in [0.15, 0.2) is 0 Å². The second-order valence-corrected chi connectivity index (χ2v) is 17.1. The Balaban J connectivity index is 1.77. The summed E-state index contributed by atoms with van der Waals surface area (Å²) in [6.45, 7) is 20.8. The maximum absolute atomic E-state index is 6.94. The van der Waals surface area contributed by atoms with Crippen molar-refractivity contribution < 1.29 is 0 Å². The van der Waals surface area contributed by atoms with Crippen molar-refractivity contribution in [2.75, 3.05) is 5.73 Å². The second kappa shape index (κ2) is 12.1. The number of hydrogen-bond donors (Lipinski definition) is 2. The highest BCUT2D eigenvalue weighted by Gasteiger charge is 2.24. The topological polar surface area (TPSA) is 41.8 Å². The summed E-state index contributed by atoms with van der Waals surface area (Å²) in [5, 5.41) is 7.01. The fourth-order valence-electron chi connectivity index (χ4n) is 7.12. The van der Waals surface area contributed by atoms with Crippen molar-refractivity contribution in [2.45, 2.75) is 78.6 Å². The Morgan fingerprint density at radius 1 is 0.380 bits per heavy atom. The molecule has 0 saturated carbocycles. The van der Waals surface area contributed by atoms with Gasteiger partial charge in [0.25, 0.3) is 0 Å². The van der Waals surface area contributed by atoms with Crippen molar-refractivity contribution in [3.63, 3.8) is 0 Å². The molecule has 2 heteroatoms.